The Hall–Kier alpha value is -0.610. The molecule has 2 rings (SSSR count). The Labute approximate surface area is 102 Å². The molecule has 0 amide bonds. The predicted octanol–water partition coefficient (Wildman–Crippen LogP) is 2.81. The lowest BCUT2D eigenvalue weighted by atomic mass is 10.2. The van der Waals surface area contributed by atoms with Gasteiger partial charge in [-0.2, -0.15) is 0 Å². The molecular formula is C12H21N3S. The second-order valence-corrected chi connectivity index (χ2v) is 5.80. The summed E-state index contributed by atoms with van der Waals surface area (Å²) in [6.07, 6.45) is 4.52. The molecule has 0 aliphatic carbocycles. The Kier molecular flexibility index (Phi) is 4.18. The van der Waals surface area contributed by atoms with E-state index in [1.165, 1.54) is 24.4 Å². The number of hydrogen-bond donors (Lipinski definition) is 1. The predicted molar refractivity (Wildman–Crippen MR) is 70.0 cm³/mol. The molecule has 16 heavy (non-hydrogen) atoms. The quantitative estimate of drug-likeness (QED) is 0.856. The van der Waals surface area contributed by atoms with Crippen molar-refractivity contribution in [3.8, 4) is 0 Å². The first kappa shape index (κ1) is 11.9. The van der Waals surface area contributed by atoms with Crippen molar-refractivity contribution in [3.05, 3.63) is 11.1 Å². The summed E-state index contributed by atoms with van der Waals surface area (Å²) in [5, 5.41) is 4.41. The van der Waals surface area contributed by atoms with E-state index in [-0.39, 0.29) is 0 Å². The summed E-state index contributed by atoms with van der Waals surface area (Å²) in [4.78, 5) is 8.31. The molecule has 90 valence electrons. The lowest BCUT2D eigenvalue weighted by Crippen LogP contribution is -2.18. The van der Waals surface area contributed by atoms with Crippen molar-refractivity contribution < 1.29 is 0 Å². The van der Waals surface area contributed by atoms with E-state index >= 15 is 0 Å². The van der Waals surface area contributed by atoms with Gasteiger partial charge in [0.25, 0.3) is 0 Å². The van der Waals surface area contributed by atoms with Gasteiger partial charge < -0.3 is 5.32 Å². The molecule has 1 fully saturated rings. The third-order valence-corrected chi connectivity index (χ3v) is 3.91. The Morgan fingerprint density at radius 3 is 3.19 bits per heavy atom. The van der Waals surface area contributed by atoms with Crippen LogP contribution in [0.2, 0.25) is 0 Å². The van der Waals surface area contributed by atoms with Crippen molar-refractivity contribution in [2.75, 3.05) is 25.0 Å². The Morgan fingerprint density at radius 1 is 1.62 bits per heavy atom. The van der Waals surface area contributed by atoms with E-state index in [9.17, 15) is 0 Å². The van der Waals surface area contributed by atoms with E-state index in [4.69, 9.17) is 0 Å². The van der Waals surface area contributed by atoms with Gasteiger partial charge in [-0.25, -0.2) is 4.98 Å². The minimum absolute atomic E-state index is 0.866. The summed E-state index contributed by atoms with van der Waals surface area (Å²) in [6, 6.07) is 0. The first-order chi connectivity index (χ1) is 7.78. The molecule has 3 nitrogen and oxygen atoms in total. The van der Waals surface area contributed by atoms with Crippen LogP contribution in [0.15, 0.2) is 6.20 Å². The number of likely N-dealkylation sites (tertiary alicyclic amines) is 1. The SMILES string of the molecule is CCCNc1ncc(CN2CCC(C)C2)s1. The molecule has 1 saturated heterocycles. The smallest absolute Gasteiger partial charge is 0.182 e. The summed E-state index contributed by atoms with van der Waals surface area (Å²) in [7, 11) is 0. The standard InChI is InChI=1S/C12H21N3S/c1-3-5-13-12-14-7-11(16-12)9-15-6-4-10(2)8-15/h7,10H,3-6,8-9H2,1-2H3,(H,13,14). The van der Waals surface area contributed by atoms with Gasteiger partial charge in [0.15, 0.2) is 5.13 Å². The van der Waals surface area contributed by atoms with E-state index in [1.807, 2.05) is 6.20 Å². The number of aromatic nitrogens is 1. The Morgan fingerprint density at radius 2 is 2.50 bits per heavy atom. The van der Waals surface area contributed by atoms with E-state index in [2.05, 4.69) is 29.0 Å². The second kappa shape index (κ2) is 5.64. The molecule has 2 heterocycles. The fraction of sp³-hybridized carbons (Fsp3) is 0.750. The maximum absolute atomic E-state index is 4.40. The molecule has 1 aromatic heterocycles. The number of thiazole rings is 1. The zero-order chi connectivity index (χ0) is 11.4. The first-order valence-electron chi connectivity index (χ1n) is 6.19. The van der Waals surface area contributed by atoms with Crippen LogP contribution >= 0.6 is 11.3 Å². The van der Waals surface area contributed by atoms with Crippen LogP contribution in [0.1, 0.15) is 31.6 Å². The average Bonchev–Trinajstić information content (AvgIpc) is 2.86. The fourth-order valence-corrected chi connectivity index (χ4v) is 2.97. The van der Waals surface area contributed by atoms with Crippen LogP contribution in [-0.4, -0.2) is 29.5 Å². The molecule has 1 N–H and O–H groups in total. The monoisotopic (exact) mass is 239 g/mol. The van der Waals surface area contributed by atoms with E-state index in [1.54, 1.807) is 11.3 Å². The van der Waals surface area contributed by atoms with Gasteiger partial charge in [-0.15, -0.1) is 11.3 Å². The van der Waals surface area contributed by atoms with Gasteiger partial charge in [0.05, 0.1) is 0 Å². The molecule has 0 radical (unpaired) electrons. The first-order valence-corrected chi connectivity index (χ1v) is 7.00. The van der Waals surface area contributed by atoms with Gasteiger partial charge in [-0.1, -0.05) is 13.8 Å². The van der Waals surface area contributed by atoms with Gasteiger partial charge in [-0.3, -0.25) is 4.90 Å². The van der Waals surface area contributed by atoms with E-state index in [0.717, 1.165) is 30.6 Å². The van der Waals surface area contributed by atoms with Crippen molar-refractivity contribution in [3.63, 3.8) is 0 Å². The molecule has 0 bridgehead atoms. The van der Waals surface area contributed by atoms with Crippen molar-refractivity contribution in [2.24, 2.45) is 5.92 Å². The number of hydrogen-bond acceptors (Lipinski definition) is 4. The van der Waals surface area contributed by atoms with Crippen LogP contribution in [0.4, 0.5) is 5.13 Å². The van der Waals surface area contributed by atoms with Crippen molar-refractivity contribution in [1.29, 1.82) is 0 Å². The van der Waals surface area contributed by atoms with E-state index < -0.39 is 0 Å². The molecule has 1 atom stereocenters. The highest BCUT2D eigenvalue weighted by Crippen LogP contribution is 2.23. The lowest BCUT2D eigenvalue weighted by Gasteiger charge is -2.12. The number of nitrogens with one attached hydrogen (secondary N) is 1. The van der Waals surface area contributed by atoms with Gasteiger partial charge in [-0.05, 0) is 25.3 Å². The van der Waals surface area contributed by atoms with Crippen molar-refractivity contribution in [2.45, 2.75) is 33.2 Å². The van der Waals surface area contributed by atoms with Crippen LogP contribution in [0.25, 0.3) is 0 Å². The highest BCUT2D eigenvalue weighted by atomic mass is 32.1. The molecular weight excluding hydrogens is 218 g/mol. The number of rotatable bonds is 5. The van der Waals surface area contributed by atoms with Gasteiger partial charge in [0.2, 0.25) is 0 Å². The van der Waals surface area contributed by atoms with Crippen LogP contribution in [0.5, 0.6) is 0 Å². The zero-order valence-corrected chi connectivity index (χ0v) is 11.0. The Balaban J connectivity index is 1.83. The molecule has 0 saturated carbocycles. The molecule has 0 aromatic carbocycles. The average molecular weight is 239 g/mol. The van der Waals surface area contributed by atoms with Crippen molar-refractivity contribution in [1.82, 2.24) is 9.88 Å². The topological polar surface area (TPSA) is 28.2 Å². The number of nitrogens with zero attached hydrogens (tertiary/aromatic N) is 2. The normalized spacial score (nSPS) is 21.5. The van der Waals surface area contributed by atoms with Crippen molar-refractivity contribution >= 4 is 16.5 Å². The zero-order valence-electron chi connectivity index (χ0n) is 10.2. The van der Waals surface area contributed by atoms with E-state index in [0.29, 0.717) is 0 Å². The Bertz CT molecular complexity index is 324. The maximum atomic E-state index is 4.40. The highest BCUT2D eigenvalue weighted by Gasteiger charge is 2.19. The third kappa shape index (κ3) is 3.19. The van der Waals surface area contributed by atoms with Crippen LogP contribution < -0.4 is 5.32 Å². The molecule has 0 spiro atoms. The fourth-order valence-electron chi connectivity index (χ4n) is 2.08. The van der Waals surface area contributed by atoms with Crippen LogP contribution in [0.3, 0.4) is 0 Å². The second-order valence-electron chi connectivity index (χ2n) is 4.69. The summed E-state index contributed by atoms with van der Waals surface area (Å²) in [6.45, 7) is 9.10. The minimum Gasteiger partial charge on any atom is -0.362 e. The van der Waals surface area contributed by atoms with Crippen LogP contribution in [-0.2, 0) is 6.54 Å². The molecule has 4 heteroatoms. The largest absolute Gasteiger partial charge is 0.362 e. The van der Waals surface area contributed by atoms with Gasteiger partial charge in [0, 0.05) is 30.7 Å². The summed E-state index contributed by atoms with van der Waals surface area (Å²) < 4.78 is 0. The summed E-state index contributed by atoms with van der Waals surface area (Å²) in [5.74, 6) is 0.866. The third-order valence-electron chi connectivity index (χ3n) is 2.97. The molecule has 1 aromatic rings. The van der Waals surface area contributed by atoms with Crippen LogP contribution in [0, 0.1) is 5.92 Å². The highest BCUT2D eigenvalue weighted by molar-refractivity contribution is 7.15. The van der Waals surface area contributed by atoms with Gasteiger partial charge in [0.1, 0.15) is 0 Å². The summed E-state index contributed by atoms with van der Waals surface area (Å²) >= 11 is 1.80. The molecule has 1 aliphatic rings. The molecule has 1 unspecified atom stereocenters. The minimum atomic E-state index is 0.866. The lowest BCUT2D eigenvalue weighted by molar-refractivity contribution is 0.323. The number of anilines is 1. The molecule has 1 aliphatic heterocycles. The maximum Gasteiger partial charge on any atom is 0.182 e. The van der Waals surface area contributed by atoms with Gasteiger partial charge >= 0.3 is 0 Å². The summed E-state index contributed by atoms with van der Waals surface area (Å²) in [5.41, 5.74) is 0.